The Hall–Kier alpha value is -1.23. The first-order valence-electron chi connectivity index (χ1n) is 6.54. The molecular formula is C14H19F3N2. The molecule has 0 N–H and O–H groups in total. The maximum absolute atomic E-state index is 12.5. The van der Waals surface area contributed by atoms with Crippen LogP contribution < -0.4 is 4.90 Å². The molecule has 2 nitrogen and oxygen atoms in total. The Labute approximate surface area is 111 Å². The van der Waals surface area contributed by atoms with Gasteiger partial charge in [-0.3, -0.25) is 4.90 Å². The van der Waals surface area contributed by atoms with Crippen molar-refractivity contribution in [3.8, 4) is 0 Å². The zero-order chi connectivity index (χ0) is 14.0. The summed E-state index contributed by atoms with van der Waals surface area (Å²) < 4.78 is 37.4. The van der Waals surface area contributed by atoms with Crippen LogP contribution in [0.25, 0.3) is 0 Å². The van der Waals surface area contributed by atoms with Crippen molar-refractivity contribution in [3.63, 3.8) is 0 Å². The molecular weight excluding hydrogens is 253 g/mol. The Balaban J connectivity index is 2.00. The van der Waals surface area contributed by atoms with E-state index >= 15 is 0 Å². The molecule has 0 aliphatic carbocycles. The zero-order valence-electron chi connectivity index (χ0n) is 11.2. The number of halogens is 3. The van der Waals surface area contributed by atoms with Crippen LogP contribution in [0.15, 0.2) is 24.3 Å². The second kappa shape index (κ2) is 5.41. The lowest BCUT2D eigenvalue weighted by atomic mass is 10.1. The molecule has 0 atom stereocenters. The molecule has 1 saturated heterocycles. The van der Waals surface area contributed by atoms with E-state index < -0.39 is 11.7 Å². The molecule has 106 valence electrons. The largest absolute Gasteiger partial charge is 0.416 e. The summed E-state index contributed by atoms with van der Waals surface area (Å²) in [7, 11) is 0. The molecule has 1 aliphatic heterocycles. The normalized spacial score (nSPS) is 18.1. The maximum atomic E-state index is 12.5. The molecule has 5 heteroatoms. The molecule has 0 amide bonds. The minimum absolute atomic E-state index is 0.523. The second-order valence-electron chi connectivity index (χ2n) is 5.16. The van der Waals surface area contributed by atoms with E-state index in [9.17, 15) is 13.2 Å². The monoisotopic (exact) mass is 272 g/mol. The van der Waals surface area contributed by atoms with Gasteiger partial charge >= 0.3 is 6.18 Å². The summed E-state index contributed by atoms with van der Waals surface area (Å²) in [4.78, 5) is 4.51. The van der Waals surface area contributed by atoms with E-state index in [0.717, 1.165) is 44.0 Å². The van der Waals surface area contributed by atoms with Crippen molar-refractivity contribution in [2.24, 2.45) is 0 Å². The fraction of sp³-hybridized carbons (Fsp3) is 0.571. The molecule has 0 spiro atoms. The number of benzene rings is 1. The molecule has 1 heterocycles. The van der Waals surface area contributed by atoms with Gasteiger partial charge in [0.25, 0.3) is 0 Å². The Morgan fingerprint density at radius 3 is 1.89 bits per heavy atom. The molecule has 0 unspecified atom stereocenters. The third-order valence-corrected chi connectivity index (χ3v) is 3.60. The van der Waals surface area contributed by atoms with Crippen LogP contribution in [0, 0.1) is 0 Å². The molecule has 0 aromatic heterocycles. The van der Waals surface area contributed by atoms with E-state index in [-0.39, 0.29) is 0 Å². The van der Waals surface area contributed by atoms with Crippen molar-refractivity contribution >= 4 is 5.69 Å². The van der Waals surface area contributed by atoms with Crippen LogP contribution in [0.3, 0.4) is 0 Å². The molecule has 1 aromatic rings. The van der Waals surface area contributed by atoms with E-state index in [2.05, 4.69) is 23.6 Å². The average Bonchev–Trinajstić information content (AvgIpc) is 2.38. The van der Waals surface area contributed by atoms with Gasteiger partial charge in [-0.2, -0.15) is 13.2 Å². The number of nitrogens with zero attached hydrogens (tertiary/aromatic N) is 2. The van der Waals surface area contributed by atoms with Crippen molar-refractivity contribution < 1.29 is 13.2 Å². The summed E-state index contributed by atoms with van der Waals surface area (Å²) in [5.41, 5.74) is 0.286. The van der Waals surface area contributed by atoms with Crippen LogP contribution in [-0.4, -0.2) is 37.1 Å². The molecule has 1 fully saturated rings. The smallest absolute Gasteiger partial charge is 0.369 e. The van der Waals surface area contributed by atoms with E-state index in [0.29, 0.717) is 6.04 Å². The Kier molecular flexibility index (Phi) is 4.04. The Morgan fingerprint density at radius 1 is 0.947 bits per heavy atom. The molecule has 0 radical (unpaired) electrons. The minimum atomic E-state index is -4.26. The van der Waals surface area contributed by atoms with Crippen LogP contribution >= 0.6 is 0 Å². The van der Waals surface area contributed by atoms with Gasteiger partial charge in [0.2, 0.25) is 0 Å². The number of rotatable bonds is 2. The highest BCUT2D eigenvalue weighted by Crippen LogP contribution is 2.30. The van der Waals surface area contributed by atoms with Crippen molar-refractivity contribution in [2.45, 2.75) is 26.1 Å². The van der Waals surface area contributed by atoms with Crippen LogP contribution in [0.2, 0.25) is 0 Å². The first-order valence-corrected chi connectivity index (χ1v) is 6.54. The Morgan fingerprint density at radius 2 is 1.47 bits per heavy atom. The Bertz CT molecular complexity index is 404. The SMILES string of the molecule is CC(C)N1CCN(c2ccc(C(F)(F)F)cc2)CC1. The van der Waals surface area contributed by atoms with E-state index in [4.69, 9.17) is 0 Å². The summed E-state index contributed by atoms with van der Waals surface area (Å²) in [6, 6.07) is 5.96. The summed E-state index contributed by atoms with van der Waals surface area (Å²) in [6.45, 7) is 7.96. The summed E-state index contributed by atoms with van der Waals surface area (Å²) in [6.07, 6.45) is -4.26. The molecule has 1 aromatic carbocycles. The number of piperazine rings is 1. The molecule has 2 rings (SSSR count). The van der Waals surface area contributed by atoms with E-state index in [1.54, 1.807) is 12.1 Å². The average molecular weight is 272 g/mol. The van der Waals surface area contributed by atoms with Crippen LogP contribution in [0.5, 0.6) is 0 Å². The van der Waals surface area contributed by atoms with Crippen molar-refractivity contribution in [1.29, 1.82) is 0 Å². The fourth-order valence-electron chi connectivity index (χ4n) is 2.36. The molecule has 19 heavy (non-hydrogen) atoms. The van der Waals surface area contributed by atoms with Crippen LogP contribution in [0.1, 0.15) is 19.4 Å². The maximum Gasteiger partial charge on any atom is 0.416 e. The van der Waals surface area contributed by atoms with Crippen LogP contribution in [-0.2, 0) is 6.18 Å². The third-order valence-electron chi connectivity index (χ3n) is 3.60. The highest BCUT2D eigenvalue weighted by Gasteiger charge is 2.30. The number of anilines is 1. The fourth-order valence-corrected chi connectivity index (χ4v) is 2.36. The van der Waals surface area contributed by atoms with Gasteiger partial charge in [0.15, 0.2) is 0 Å². The van der Waals surface area contributed by atoms with Gasteiger partial charge in [0, 0.05) is 37.9 Å². The van der Waals surface area contributed by atoms with Crippen molar-refractivity contribution in [2.75, 3.05) is 31.1 Å². The molecule has 0 saturated carbocycles. The number of hydrogen-bond acceptors (Lipinski definition) is 2. The van der Waals surface area contributed by atoms with Crippen LogP contribution in [0.4, 0.5) is 18.9 Å². The van der Waals surface area contributed by atoms with Gasteiger partial charge in [-0.25, -0.2) is 0 Å². The summed E-state index contributed by atoms with van der Waals surface area (Å²) >= 11 is 0. The van der Waals surface area contributed by atoms with Gasteiger partial charge in [0.1, 0.15) is 0 Å². The number of hydrogen-bond donors (Lipinski definition) is 0. The molecule has 1 aliphatic rings. The van der Waals surface area contributed by atoms with E-state index in [1.807, 2.05) is 0 Å². The topological polar surface area (TPSA) is 6.48 Å². The lowest BCUT2D eigenvalue weighted by molar-refractivity contribution is -0.137. The lowest BCUT2D eigenvalue weighted by Gasteiger charge is -2.38. The van der Waals surface area contributed by atoms with Gasteiger partial charge < -0.3 is 4.90 Å². The quantitative estimate of drug-likeness (QED) is 0.815. The first kappa shape index (κ1) is 14.2. The standard InChI is InChI=1S/C14H19F3N2/c1-11(2)18-7-9-19(10-8-18)13-5-3-12(4-6-13)14(15,16)17/h3-6,11H,7-10H2,1-2H3. The molecule has 0 bridgehead atoms. The van der Waals surface area contributed by atoms with Gasteiger partial charge in [-0.15, -0.1) is 0 Å². The summed E-state index contributed by atoms with van der Waals surface area (Å²) in [5, 5.41) is 0. The minimum Gasteiger partial charge on any atom is -0.369 e. The van der Waals surface area contributed by atoms with Crippen molar-refractivity contribution in [3.05, 3.63) is 29.8 Å². The highest BCUT2D eigenvalue weighted by molar-refractivity contribution is 5.48. The third kappa shape index (κ3) is 3.41. The van der Waals surface area contributed by atoms with Gasteiger partial charge in [0.05, 0.1) is 5.56 Å². The van der Waals surface area contributed by atoms with E-state index in [1.165, 1.54) is 0 Å². The lowest BCUT2D eigenvalue weighted by Crippen LogP contribution is -2.48. The predicted octanol–water partition coefficient (Wildman–Crippen LogP) is 3.24. The first-order chi connectivity index (χ1) is 8.88. The number of alkyl halides is 3. The van der Waals surface area contributed by atoms with Gasteiger partial charge in [-0.05, 0) is 38.1 Å². The zero-order valence-corrected chi connectivity index (χ0v) is 11.2. The predicted molar refractivity (Wildman–Crippen MR) is 70.4 cm³/mol. The highest BCUT2D eigenvalue weighted by atomic mass is 19.4. The van der Waals surface area contributed by atoms with Crippen molar-refractivity contribution in [1.82, 2.24) is 4.90 Å². The summed E-state index contributed by atoms with van der Waals surface area (Å²) in [5.74, 6) is 0. The second-order valence-corrected chi connectivity index (χ2v) is 5.16. The van der Waals surface area contributed by atoms with Gasteiger partial charge in [-0.1, -0.05) is 0 Å².